The van der Waals surface area contributed by atoms with Gasteiger partial charge in [0.15, 0.2) is 0 Å². The summed E-state index contributed by atoms with van der Waals surface area (Å²) in [4.78, 5) is 7.00. The summed E-state index contributed by atoms with van der Waals surface area (Å²) in [5, 5.41) is 3.43. The van der Waals surface area contributed by atoms with Crippen LogP contribution in [-0.2, 0) is 6.54 Å². The van der Waals surface area contributed by atoms with E-state index in [1.54, 1.807) is 0 Å². The van der Waals surface area contributed by atoms with Crippen molar-refractivity contribution in [2.75, 3.05) is 11.4 Å². The predicted molar refractivity (Wildman–Crippen MR) is 81.4 cm³/mol. The van der Waals surface area contributed by atoms with E-state index in [1.165, 1.54) is 25.1 Å². The zero-order chi connectivity index (χ0) is 13.8. The second kappa shape index (κ2) is 6.38. The minimum atomic E-state index is 0.499. The van der Waals surface area contributed by atoms with E-state index in [1.807, 2.05) is 6.20 Å². The summed E-state index contributed by atoms with van der Waals surface area (Å²) in [6.07, 6.45) is 4.59. The van der Waals surface area contributed by atoms with Gasteiger partial charge in [0.1, 0.15) is 0 Å². The van der Waals surface area contributed by atoms with Crippen LogP contribution < -0.4 is 10.2 Å². The fraction of sp³-hybridized carbons (Fsp3) is 0.688. The fourth-order valence-electron chi connectivity index (χ4n) is 2.75. The number of anilines is 1. The molecule has 0 spiro atoms. The van der Waals surface area contributed by atoms with E-state index in [4.69, 9.17) is 0 Å². The van der Waals surface area contributed by atoms with Gasteiger partial charge in [-0.2, -0.15) is 0 Å². The molecule has 1 aliphatic rings. The highest BCUT2D eigenvalue weighted by Crippen LogP contribution is 2.28. The number of hydrogen-bond donors (Lipinski definition) is 1. The van der Waals surface area contributed by atoms with E-state index in [0.717, 1.165) is 18.2 Å². The van der Waals surface area contributed by atoms with E-state index in [9.17, 15) is 0 Å². The molecule has 2 unspecified atom stereocenters. The zero-order valence-electron chi connectivity index (χ0n) is 12.7. The minimum Gasteiger partial charge on any atom is -0.368 e. The molecule has 0 saturated carbocycles. The number of aromatic nitrogens is 1. The summed E-state index contributed by atoms with van der Waals surface area (Å²) in [6.45, 7) is 11.1. The minimum absolute atomic E-state index is 0.499. The molecule has 1 saturated heterocycles. The van der Waals surface area contributed by atoms with Gasteiger partial charge in [0.05, 0.1) is 5.69 Å². The second-order valence-electron chi connectivity index (χ2n) is 6.09. The summed E-state index contributed by atoms with van der Waals surface area (Å²) in [6, 6.07) is 5.51. The van der Waals surface area contributed by atoms with Gasteiger partial charge in [0, 0.05) is 37.1 Å². The van der Waals surface area contributed by atoms with Crippen molar-refractivity contribution in [1.29, 1.82) is 0 Å². The standard InChI is InChI=1S/C16H27N3/c1-12(2)18-11-15-10-16(7-8-17-15)19-9-5-6-13(3)14(19)4/h7-8,10,12-14,18H,5-6,9,11H2,1-4H3. The van der Waals surface area contributed by atoms with Crippen molar-refractivity contribution in [2.24, 2.45) is 5.92 Å². The van der Waals surface area contributed by atoms with Crippen LogP contribution in [0.3, 0.4) is 0 Å². The lowest BCUT2D eigenvalue weighted by molar-refractivity contribution is 0.363. The first-order valence-corrected chi connectivity index (χ1v) is 7.53. The molecule has 2 atom stereocenters. The topological polar surface area (TPSA) is 28.2 Å². The molecule has 1 aromatic rings. The maximum absolute atomic E-state index is 4.46. The van der Waals surface area contributed by atoms with Gasteiger partial charge in [-0.05, 0) is 37.8 Å². The second-order valence-corrected chi connectivity index (χ2v) is 6.09. The number of piperidine rings is 1. The van der Waals surface area contributed by atoms with E-state index in [0.29, 0.717) is 12.1 Å². The number of nitrogens with zero attached hydrogens (tertiary/aromatic N) is 2. The highest BCUT2D eigenvalue weighted by molar-refractivity contribution is 5.48. The Bertz CT molecular complexity index is 403. The van der Waals surface area contributed by atoms with Gasteiger partial charge in [-0.1, -0.05) is 20.8 Å². The Balaban J connectivity index is 2.09. The van der Waals surface area contributed by atoms with Crippen molar-refractivity contribution < 1.29 is 0 Å². The first kappa shape index (κ1) is 14.3. The molecule has 0 aliphatic carbocycles. The van der Waals surface area contributed by atoms with Crippen LogP contribution in [0.4, 0.5) is 5.69 Å². The largest absolute Gasteiger partial charge is 0.368 e. The summed E-state index contributed by atoms with van der Waals surface area (Å²) < 4.78 is 0. The van der Waals surface area contributed by atoms with Crippen LogP contribution in [0.25, 0.3) is 0 Å². The Morgan fingerprint density at radius 3 is 2.95 bits per heavy atom. The van der Waals surface area contributed by atoms with E-state index >= 15 is 0 Å². The third-order valence-electron chi connectivity index (χ3n) is 4.20. The molecule has 0 amide bonds. The molecular weight excluding hydrogens is 234 g/mol. The van der Waals surface area contributed by atoms with Crippen molar-refractivity contribution in [3.63, 3.8) is 0 Å². The van der Waals surface area contributed by atoms with Crippen LogP contribution in [0.15, 0.2) is 18.3 Å². The normalized spacial score (nSPS) is 23.9. The molecule has 19 heavy (non-hydrogen) atoms. The zero-order valence-corrected chi connectivity index (χ0v) is 12.7. The SMILES string of the molecule is CC(C)NCc1cc(N2CCCC(C)C2C)ccn1. The maximum atomic E-state index is 4.46. The molecule has 1 aromatic heterocycles. The lowest BCUT2D eigenvalue weighted by Crippen LogP contribution is -2.42. The number of rotatable bonds is 4. The van der Waals surface area contributed by atoms with Gasteiger partial charge in [-0.3, -0.25) is 4.98 Å². The maximum Gasteiger partial charge on any atom is 0.0562 e. The van der Waals surface area contributed by atoms with Crippen molar-refractivity contribution in [3.8, 4) is 0 Å². The van der Waals surface area contributed by atoms with Crippen LogP contribution >= 0.6 is 0 Å². The Kier molecular flexibility index (Phi) is 4.81. The first-order valence-electron chi connectivity index (χ1n) is 7.53. The van der Waals surface area contributed by atoms with Crippen molar-refractivity contribution >= 4 is 5.69 Å². The number of hydrogen-bond acceptors (Lipinski definition) is 3. The molecule has 0 radical (unpaired) electrons. The summed E-state index contributed by atoms with van der Waals surface area (Å²) in [7, 11) is 0. The molecular formula is C16H27N3. The average Bonchev–Trinajstić information content (AvgIpc) is 2.40. The molecule has 0 aromatic carbocycles. The van der Waals surface area contributed by atoms with Gasteiger partial charge in [-0.25, -0.2) is 0 Å². The molecule has 1 aliphatic heterocycles. The highest BCUT2D eigenvalue weighted by atomic mass is 15.2. The van der Waals surface area contributed by atoms with E-state index < -0.39 is 0 Å². The molecule has 106 valence electrons. The van der Waals surface area contributed by atoms with Crippen molar-refractivity contribution in [3.05, 3.63) is 24.0 Å². The fourth-order valence-corrected chi connectivity index (χ4v) is 2.75. The van der Waals surface area contributed by atoms with Crippen LogP contribution in [0.2, 0.25) is 0 Å². The lowest BCUT2D eigenvalue weighted by atomic mass is 9.91. The van der Waals surface area contributed by atoms with Gasteiger partial charge < -0.3 is 10.2 Å². The Labute approximate surface area is 117 Å². The molecule has 0 bridgehead atoms. The Hall–Kier alpha value is -1.09. The van der Waals surface area contributed by atoms with Gasteiger partial charge in [-0.15, -0.1) is 0 Å². The quantitative estimate of drug-likeness (QED) is 0.902. The lowest BCUT2D eigenvalue weighted by Gasteiger charge is -2.39. The average molecular weight is 261 g/mol. The van der Waals surface area contributed by atoms with Gasteiger partial charge in [0.25, 0.3) is 0 Å². The van der Waals surface area contributed by atoms with E-state index in [2.05, 4.69) is 55.0 Å². The molecule has 2 rings (SSSR count). The summed E-state index contributed by atoms with van der Waals surface area (Å²) in [5.74, 6) is 0.777. The van der Waals surface area contributed by atoms with Crippen LogP contribution in [-0.4, -0.2) is 23.6 Å². The smallest absolute Gasteiger partial charge is 0.0562 e. The third-order valence-corrected chi connectivity index (χ3v) is 4.20. The highest BCUT2D eigenvalue weighted by Gasteiger charge is 2.24. The van der Waals surface area contributed by atoms with Crippen molar-refractivity contribution in [2.45, 2.75) is 59.2 Å². The summed E-state index contributed by atoms with van der Waals surface area (Å²) in [5.41, 5.74) is 2.46. The molecule has 2 heterocycles. The van der Waals surface area contributed by atoms with Gasteiger partial charge >= 0.3 is 0 Å². The Morgan fingerprint density at radius 2 is 2.21 bits per heavy atom. The third kappa shape index (κ3) is 3.69. The predicted octanol–water partition coefficient (Wildman–Crippen LogP) is 3.20. The van der Waals surface area contributed by atoms with Crippen molar-refractivity contribution in [1.82, 2.24) is 10.3 Å². The first-order chi connectivity index (χ1) is 9.08. The number of pyridine rings is 1. The monoisotopic (exact) mass is 261 g/mol. The van der Waals surface area contributed by atoms with Crippen LogP contribution in [0.1, 0.15) is 46.2 Å². The van der Waals surface area contributed by atoms with Crippen LogP contribution in [0, 0.1) is 5.92 Å². The summed E-state index contributed by atoms with van der Waals surface area (Å²) >= 11 is 0. The van der Waals surface area contributed by atoms with Gasteiger partial charge in [0.2, 0.25) is 0 Å². The molecule has 3 nitrogen and oxygen atoms in total. The van der Waals surface area contributed by atoms with E-state index in [-0.39, 0.29) is 0 Å². The molecule has 1 N–H and O–H groups in total. The number of nitrogens with one attached hydrogen (secondary N) is 1. The Morgan fingerprint density at radius 1 is 1.42 bits per heavy atom. The van der Waals surface area contributed by atoms with Crippen LogP contribution in [0.5, 0.6) is 0 Å². The molecule has 3 heteroatoms. The molecule has 1 fully saturated rings.